The van der Waals surface area contributed by atoms with E-state index in [4.69, 9.17) is 0 Å². The van der Waals surface area contributed by atoms with Gasteiger partial charge in [0.05, 0.1) is 0 Å². The molecule has 0 fully saturated rings. The molecule has 0 heterocycles. The smallest absolute Gasteiger partial charge is 0.189 e. The maximum absolute atomic E-state index is 14.3. The molecule has 0 radical (unpaired) electrons. The third kappa shape index (κ3) is 4.38. The van der Waals surface area contributed by atoms with E-state index in [1.54, 1.807) is 0 Å². The molecule has 4 nitrogen and oxygen atoms in total. The van der Waals surface area contributed by atoms with Crippen molar-refractivity contribution in [2.75, 3.05) is 0 Å². The molecule has 3 aromatic carbocycles. The predicted octanol–water partition coefficient (Wildman–Crippen LogP) is 5.37. The van der Waals surface area contributed by atoms with Gasteiger partial charge in [0.1, 0.15) is 23.9 Å². The molecule has 0 atom stereocenters. The second kappa shape index (κ2) is 9.04. The lowest BCUT2D eigenvalue weighted by Crippen LogP contribution is -1.97. The summed E-state index contributed by atoms with van der Waals surface area (Å²) in [6, 6.07) is 11.6. The van der Waals surface area contributed by atoms with E-state index in [0.29, 0.717) is 34.8 Å². The first kappa shape index (κ1) is 20.8. The van der Waals surface area contributed by atoms with E-state index in [9.17, 15) is 27.2 Å². The third-order valence-corrected chi connectivity index (χ3v) is 4.05. The van der Waals surface area contributed by atoms with Crippen LogP contribution in [0.4, 0.5) is 28.9 Å². The molecule has 0 aliphatic rings. The Morgan fingerprint density at radius 3 is 1.03 bits per heavy atom. The van der Waals surface area contributed by atoms with Crippen molar-refractivity contribution in [1.29, 1.82) is 0 Å². The minimum Gasteiger partial charge on any atom is -0.298 e. The number of nitrogens with zero attached hydrogens (tertiary/aromatic N) is 2. The average Bonchev–Trinajstić information content (AvgIpc) is 2.78. The summed E-state index contributed by atoms with van der Waals surface area (Å²) >= 11 is 0. The van der Waals surface area contributed by atoms with E-state index >= 15 is 0 Å². The molecule has 150 valence electrons. The number of carbonyl (C=O) groups is 2. The Bertz CT molecular complexity index is 1030. The van der Waals surface area contributed by atoms with Crippen molar-refractivity contribution in [2.45, 2.75) is 0 Å². The molecular formula is C22H12F4N2O2. The van der Waals surface area contributed by atoms with Gasteiger partial charge in [0.25, 0.3) is 0 Å². The van der Waals surface area contributed by atoms with Gasteiger partial charge >= 0.3 is 0 Å². The number of hydrogen-bond donors (Lipinski definition) is 0. The van der Waals surface area contributed by atoms with Crippen molar-refractivity contribution >= 4 is 36.4 Å². The number of rotatable bonds is 6. The molecule has 0 saturated carbocycles. The van der Waals surface area contributed by atoms with Crippen LogP contribution in [0.25, 0.3) is 0 Å². The molecule has 0 N–H and O–H groups in total. The maximum atomic E-state index is 14.3. The highest BCUT2D eigenvalue weighted by molar-refractivity contribution is 5.85. The molecule has 0 aliphatic heterocycles. The van der Waals surface area contributed by atoms with Gasteiger partial charge in [-0.3, -0.25) is 9.59 Å². The first-order chi connectivity index (χ1) is 14.4. The van der Waals surface area contributed by atoms with Crippen LogP contribution in [0.2, 0.25) is 0 Å². The van der Waals surface area contributed by atoms with Crippen molar-refractivity contribution in [3.63, 3.8) is 0 Å². The predicted molar refractivity (Wildman–Crippen MR) is 104 cm³/mol. The van der Waals surface area contributed by atoms with Gasteiger partial charge in [-0.1, -0.05) is 48.5 Å². The molecule has 0 aliphatic carbocycles. The van der Waals surface area contributed by atoms with Crippen molar-refractivity contribution < 1.29 is 27.2 Å². The quantitative estimate of drug-likeness (QED) is 0.237. The van der Waals surface area contributed by atoms with Crippen LogP contribution >= 0.6 is 0 Å². The number of benzene rings is 3. The Balaban J connectivity index is 1.93. The molecule has 30 heavy (non-hydrogen) atoms. The zero-order valence-electron chi connectivity index (χ0n) is 15.2. The van der Waals surface area contributed by atoms with Gasteiger partial charge < -0.3 is 0 Å². The summed E-state index contributed by atoms with van der Waals surface area (Å²) < 4.78 is 57.2. The van der Waals surface area contributed by atoms with Gasteiger partial charge in [-0.05, 0) is 11.1 Å². The van der Waals surface area contributed by atoms with E-state index in [1.165, 1.54) is 48.5 Å². The highest BCUT2D eigenvalue weighted by atomic mass is 19.2. The standard InChI is InChI=1S/C22H12F4N2O2/c23-17-19(25)22(28-10-14-3-7-16(12-30)8-4-14)20(26)18(24)21(17)27-9-13-1-5-15(11-29)6-2-13/h1-12H. The number of aldehydes is 2. The molecule has 0 saturated heterocycles. The summed E-state index contributed by atoms with van der Waals surface area (Å²) in [5.74, 6) is -6.78. The van der Waals surface area contributed by atoms with Crippen LogP contribution in [0.5, 0.6) is 0 Å². The lowest BCUT2D eigenvalue weighted by Gasteiger charge is -2.06. The molecule has 0 amide bonds. The Hall–Kier alpha value is -3.94. The van der Waals surface area contributed by atoms with Gasteiger partial charge in [-0.25, -0.2) is 27.5 Å². The van der Waals surface area contributed by atoms with Crippen molar-refractivity contribution in [2.24, 2.45) is 9.98 Å². The lowest BCUT2D eigenvalue weighted by molar-refractivity contribution is 0.111. The van der Waals surface area contributed by atoms with Crippen LogP contribution in [0.3, 0.4) is 0 Å². The summed E-state index contributed by atoms with van der Waals surface area (Å²) in [5, 5.41) is 0. The molecular weight excluding hydrogens is 400 g/mol. The van der Waals surface area contributed by atoms with Crippen LogP contribution in [0.1, 0.15) is 31.8 Å². The van der Waals surface area contributed by atoms with Crippen molar-refractivity contribution in [3.05, 3.63) is 94.1 Å². The zero-order valence-corrected chi connectivity index (χ0v) is 15.2. The molecule has 3 aromatic rings. The van der Waals surface area contributed by atoms with E-state index in [-0.39, 0.29) is 0 Å². The van der Waals surface area contributed by atoms with Crippen LogP contribution < -0.4 is 0 Å². The summed E-state index contributed by atoms with van der Waals surface area (Å²) in [5.41, 5.74) is -0.797. The second-order valence-electron chi connectivity index (χ2n) is 6.04. The third-order valence-electron chi connectivity index (χ3n) is 4.05. The highest BCUT2D eigenvalue weighted by Crippen LogP contribution is 2.34. The molecule has 8 heteroatoms. The average molecular weight is 412 g/mol. The number of carbonyl (C=O) groups excluding carboxylic acids is 2. The fraction of sp³-hybridized carbons (Fsp3) is 0. The Kier molecular flexibility index (Phi) is 6.26. The normalized spacial score (nSPS) is 11.3. The molecule has 0 spiro atoms. The van der Waals surface area contributed by atoms with Crippen molar-refractivity contribution in [3.8, 4) is 0 Å². The number of hydrogen-bond acceptors (Lipinski definition) is 4. The lowest BCUT2D eigenvalue weighted by atomic mass is 10.1. The van der Waals surface area contributed by atoms with E-state index in [1.807, 2.05) is 0 Å². The van der Waals surface area contributed by atoms with Gasteiger partial charge in [-0.15, -0.1) is 0 Å². The first-order valence-corrected chi connectivity index (χ1v) is 8.49. The van der Waals surface area contributed by atoms with Crippen molar-refractivity contribution in [1.82, 2.24) is 0 Å². The Morgan fingerprint density at radius 2 is 0.767 bits per heavy atom. The summed E-state index contributed by atoms with van der Waals surface area (Å²) in [6.07, 6.45) is 3.24. The molecule has 3 rings (SSSR count). The largest absolute Gasteiger partial charge is 0.298 e. The van der Waals surface area contributed by atoms with Gasteiger partial charge in [0.2, 0.25) is 0 Å². The summed E-state index contributed by atoms with van der Waals surface area (Å²) in [7, 11) is 0. The van der Waals surface area contributed by atoms with Crippen LogP contribution in [0, 0.1) is 23.3 Å². The Labute approximate surface area is 168 Å². The second-order valence-corrected chi connectivity index (χ2v) is 6.04. The highest BCUT2D eigenvalue weighted by Gasteiger charge is 2.24. The molecule has 0 aromatic heterocycles. The molecule has 0 bridgehead atoms. The Morgan fingerprint density at radius 1 is 0.500 bits per heavy atom. The monoisotopic (exact) mass is 412 g/mol. The number of halogens is 4. The minimum atomic E-state index is -1.70. The van der Waals surface area contributed by atoms with E-state index < -0.39 is 34.6 Å². The summed E-state index contributed by atoms with van der Waals surface area (Å²) in [6.45, 7) is 0. The van der Waals surface area contributed by atoms with Gasteiger partial charge in [0.15, 0.2) is 23.3 Å². The number of aliphatic imine (C=N–C) groups is 2. The van der Waals surface area contributed by atoms with E-state index in [2.05, 4.69) is 9.98 Å². The summed E-state index contributed by atoms with van der Waals surface area (Å²) in [4.78, 5) is 28.3. The van der Waals surface area contributed by atoms with Crippen LogP contribution in [0.15, 0.2) is 58.5 Å². The fourth-order valence-corrected chi connectivity index (χ4v) is 2.43. The van der Waals surface area contributed by atoms with Gasteiger partial charge in [0, 0.05) is 23.6 Å². The SMILES string of the molecule is O=Cc1ccc(C=Nc2c(F)c(F)c(N=Cc3ccc(C=O)cc3)c(F)c2F)cc1. The minimum absolute atomic E-state index is 0.362. The zero-order chi connectivity index (χ0) is 21.7. The van der Waals surface area contributed by atoms with Crippen LogP contribution in [-0.2, 0) is 0 Å². The van der Waals surface area contributed by atoms with Gasteiger partial charge in [-0.2, -0.15) is 0 Å². The van der Waals surface area contributed by atoms with Crippen LogP contribution in [-0.4, -0.2) is 25.0 Å². The van der Waals surface area contributed by atoms with E-state index in [0.717, 1.165) is 12.4 Å². The topological polar surface area (TPSA) is 58.9 Å². The fourth-order valence-electron chi connectivity index (χ4n) is 2.43. The first-order valence-electron chi connectivity index (χ1n) is 8.49. The molecule has 0 unspecified atom stereocenters. The maximum Gasteiger partial charge on any atom is 0.189 e.